The van der Waals surface area contributed by atoms with Gasteiger partial charge < -0.3 is 0 Å². The van der Waals surface area contributed by atoms with Crippen LogP contribution in [0.3, 0.4) is 0 Å². The molecule has 0 amide bonds. The van der Waals surface area contributed by atoms with Crippen LogP contribution in [0.25, 0.3) is 0 Å². The third-order valence-electron chi connectivity index (χ3n) is 3.92. The zero-order chi connectivity index (χ0) is 13.1. The number of carbonyl (C=O) groups is 1. The van der Waals surface area contributed by atoms with Gasteiger partial charge >= 0.3 is 0 Å². The molecule has 0 radical (unpaired) electrons. The molecule has 0 aliphatic heterocycles. The summed E-state index contributed by atoms with van der Waals surface area (Å²) in [7, 11) is 0. The number of carbonyl (C=O) groups excluding carboxylic acids is 1. The lowest BCUT2D eigenvalue weighted by Crippen LogP contribution is -2.26. The monoisotopic (exact) mass is 268 g/mol. The van der Waals surface area contributed by atoms with Gasteiger partial charge in [-0.05, 0) is 42.9 Å². The molecule has 0 N–H and O–H groups in total. The molecule has 1 aliphatic rings. The average molecular weight is 269 g/mol. The smallest absolute Gasteiger partial charge is 0.142 e. The van der Waals surface area contributed by atoms with Crippen LogP contribution in [0.2, 0.25) is 5.02 Å². The summed E-state index contributed by atoms with van der Waals surface area (Å²) in [5.74, 6) is 0.633. The van der Waals surface area contributed by atoms with Crippen molar-refractivity contribution in [3.63, 3.8) is 0 Å². The second-order valence-electron chi connectivity index (χ2n) is 5.16. The van der Waals surface area contributed by atoms with E-state index in [2.05, 4.69) is 6.92 Å². The molecule has 0 spiro atoms. The highest BCUT2D eigenvalue weighted by Gasteiger charge is 2.27. The van der Waals surface area contributed by atoms with Crippen LogP contribution in [0, 0.1) is 17.7 Å². The number of Topliss-reactive ketones (excluding diaryl/α,β-unsaturated/α-hetero) is 1. The normalized spacial score (nSPS) is 24.3. The second kappa shape index (κ2) is 5.83. The van der Waals surface area contributed by atoms with Crippen molar-refractivity contribution >= 4 is 17.4 Å². The van der Waals surface area contributed by atoms with E-state index in [4.69, 9.17) is 11.6 Å². The van der Waals surface area contributed by atoms with E-state index in [0.29, 0.717) is 24.5 Å². The largest absolute Gasteiger partial charge is 0.299 e. The first-order chi connectivity index (χ1) is 8.60. The van der Waals surface area contributed by atoms with E-state index in [1.165, 1.54) is 6.07 Å². The van der Waals surface area contributed by atoms with Crippen LogP contribution in [-0.2, 0) is 11.2 Å². The van der Waals surface area contributed by atoms with Crippen molar-refractivity contribution in [3.8, 4) is 0 Å². The summed E-state index contributed by atoms with van der Waals surface area (Å²) >= 11 is 5.66. The van der Waals surface area contributed by atoms with E-state index in [1.54, 1.807) is 6.07 Å². The molecular weight excluding hydrogens is 251 g/mol. The molecule has 1 aromatic rings. The molecule has 3 heteroatoms. The minimum Gasteiger partial charge on any atom is -0.299 e. The summed E-state index contributed by atoms with van der Waals surface area (Å²) < 4.78 is 13.4. The van der Waals surface area contributed by atoms with Crippen molar-refractivity contribution in [1.82, 2.24) is 0 Å². The standard InChI is InChI=1S/C15H18ClFO/c1-2-10-4-6-15(18)12(7-10)8-11-3-5-13(16)14(17)9-11/h3,5,9-10,12H,2,4,6-8H2,1H3. The summed E-state index contributed by atoms with van der Waals surface area (Å²) in [5, 5.41) is 0.139. The number of halogens is 2. The molecule has 0 aromatic heterocycles. The second-order valence-corrected chi connectivity index (χ2v) is 5.57. The van der Waals surface area contributed by atoms with Gasteiger partial charge in [-0.2, -0.15) is 0 Å². The van der Waals surface area contributed by atoms with Gasteiger partial charge in [0.25, 0.3) is 0 Å². The lowest BCUT2D eigenvalue weighted by Gasteiger charge is -2.27. The molecule has 0 saturated heterocycles. The lowest BCUT2D eigenvalue weighted by molar-refractivity contribution is -0.125. The predicted octanol–water partition coefficient (Wildman–Crippen LogP) is 4.42. The maximum Gasteiger partial charge on any atom is 0.142 e. The van der Waals surface area contributed by atoms with Crippen LogP contribution >= 0.6 is 11.6 Å². The van der Waals surface area contributed by atoms with Crippen molar-refractivity contribution in [2.24, 2.45) is 11.8 Å². The topological polar surface area (TPSA) is 17.1 Å². The Morgan fingerprint density at radius 1 is 1.44 bits per heavy atom. The van der Waals surface area contributed by atoms with Crippen molar-refractivity contribution < 1.29 is 9.18 Å². The molecule has 2 unspecified atom stereocenters. The molecule has 1 saturated carbocycles. The average Bonchev–Trinajstić information content (AvgIpc) is 2.36. The molecule has 0 bridgehead atoms. The number of hydrogen-bond donors (Lipinski definition) is 0. The number of ketones is 1. The summed E-state index contributed by atoms with van der Waals surface area (Å²) in [6.07, 6.45) is 4.40. The Kier molecular flexibility index (Phi) is 4.39. The molecular formula is C15H18ClFO. The SMILES string of the molecule is CCC1CCC(=O)C(Cc2ccc(Cl)c(F)c2)C1. The van der Waals surface area contributed by atoms with Gasteiger partial charge in [-0.25, -0.2) is 4.39 Å². The van der Waals surface area contributed by atoms with Gasteiger partial charge in [-0.3, -0.25) is 4.79 Å². The first kappa shape index (κ1) is 13.5. The highest BCUT2D eigenvalue weighted by Crippen LogP contribution is 2.31. The highest BCUT2D eigenvalue weighted by molar-refractivity contribution is 6.30. The summed E-state index contributed by atoms with van der Waals surface area (Å²) in [6, 6.07) is 4.83. The van der Waals surface area contributed by atoms with Gasteiger partial charge in [0.1, 0.15) is 11.6 Å². The lowest BCUT2D eigenvalue weighted by atomic mass is 9.77. The molecule has 1 aliphatic carbocycles. The van der Waals surface area contributed by atoms with Crippen molar-refractivity contribution in [2.45, 2.75) is 39.0 Å². The van der Waals surface area contributed by atoms with Crippen molar-refractivity contribution in [2.75, 3.05) is 0 Å². The Bertz CT molecular complexity index is 444. The van der Waals surface area contributed by atoms with E-state index in [-0.39, 0.29) is 10.9 Å². The Labute approximate surface area is 112 Å². The maximum absolute atomic E-state index is 13.4. The molecule has 2 rings (SSSR count). The number of rotatable bonds is 3. The van der Waals surface area contributed by atoms with E-state index in [0.717, 1.165) is 24.8 Å². The molecule has 1 aromatic carbocycles. The van der Waals surface area contributed by atoms with E-state index >= 15 is 0 Å². The Morgan fingerprint density at radius 3 is 2.89 bits per heavy atom. The summed E-state index contributed by atoms with van der Waals surface area (Å²) in [5.41, 5.74) is 0.868. The zero-order valence-corrected chi connectivity index (χ0v) is 11.3. The molecule has 1 nitrogen and oxygen atoms in total. The number of benzene rings is 1. The van der Waals surface area contributed by atoms with Gasteiger partial charge in [-0.1, -0.05) is 31.0 Å². The van der Waals surface area contributed by atoms with Crippen LogP contribution in [0.1, 0.15) is 38.2 Å². The zero-order valence-electron chi connectivity index (χ0n) is 10.6. The fourth-order valence-corrected chi connectivity index (χ4v) is 2.84. The van der Waals surface area contributed by atoms with Gasteiger partial charge in [-0.15, -0.1) is 0 Å². The minimum atomic E-state index is -0.399. The Balaban J connectivity index is 2.07. The Morgan fingerprint density at radius 2 is 2.22 bits per heavy atom. The fraction of sp³-hybridized carbons (Fsp3) is 0.533. The predicted molar refractivity (Wildman–Crippen MR) is 71.2 cm³/mol. The molecule has 18 heavy (non-hydrogen) atoms. The third kappa shape index (κ3) is 3.11. The molecule has 0 heterocycles. The highest BCUT2D eigenvalue weighted by atomic mass is 35.5. The minimum absolute atomic E-state index is 0.0595. The molecule has 98 valence electrons. The van der Waals surface area contributed by atoms with E-state index in [1.807, 2.05) is 6.07 Å². The molecule has 2 atom stereocenters. The van der Waals surface area contributed by atoms with Gasteiger partial charge in [0.15, 0.2) is 0 Å². The van der Waals surface area contributed by atoms with Crippen LogP contribution < -0.4 is 0 Å². The van der Waals surface area contributed by atoms with Gasteiger partial charge in [0.2, 0.25) is 0 Å². The number of hydrogen-bond acceptors (Lipinski definition) is 1. The quantitative estimate of drug-likeness (QED) is 0.793. The summed E-state index contributed by atoms with van der Waals surface area (Å²) in [4.78, 5) is 11.9. The van der Waals surface area contributed by atoms with Gasteiger partial charge in [0, 0.05) is 12.3 Å². The van der Waals surface area contributed by atoms with Crippen LogP contribution in [-0.4, -0.2) is 5.78 Å². The maximum atomic E-state index is 13.4. The first-order valence-electron chi connectivity index (χ1n) is 6.56. The summed E-state index contributed by atoms with van der Waals surface area (Å²) in [6.45, 7) is 2.17. The van der Waals surface area contributed by atoms with E-state index < -0.39 is 5.82 Å². The first-order valence-corrected chi connectivity index (χ1v) is 6.94. The van der Waals surface area contributed by atoms with Gasteiger partial charge in [0.05, 0.1) is 5.02 Å². The van der Waals surface area contributed by atoms with Crippen LogP contribution in [0.4, 0.5) is 4.39 Å². The van der Waals surface area contributed by atoms with Crippen LogP contribution in [0.5, 0.6) is 0 Å². The van der Waals surface area contributed by atoms with Crippen LogP contribution in [0.15, 0.2) is 18.2 Å². The van der Waals surface area contributed by atoms with Crippen molar-refractivity contribution in [1.29, 1.82) is 0 Å². The molecule has 1 fully saturated rings. The fourth-order valence-electron chi connectivity index (χ4n) is 2.72. The van der Waals surface area contributed by atoms with E-state index in [9.17, 15) is 9.18 Å². The Hall–Kier alpha value is -0.890. The third-order valence-corrected chi connectivity index (χ3v) is 4.22. The van der Waals surface area contributed by atoms with Crippen molar-refractivity contribution in [3.05, 3.63) is 34.6 Å².